The fourth-order valence-corrected chi connectivity index (χ4v) is 3.89. The predicted molar refractivity (Wildman–Crippen MR) is 118 cm³/mol. The summed E-state index contributed by atoms with van der Waals surface area (Å²) in [5, 5.41) is 11.0. The summed E-state index contributed by atoms with van der Waals surface area (Å²) < 4.78 is 38.5. The second kappa shape index (κ2) is 8.02. The van der Waals surface area contributed by atoms with E-state index in [1.165, 1.54) is 12.1 Å². The molecule has 0 aliphatic carbocycles. The van der Waals surface area contributed by atoms with Crippen molar-refractivity contribution in [2.45, 2.75) is 26.6 Å². The molecule has 6 heteroatoms. The van der Waals surface area contributed by atoms with Crippen molar-refractivity contribution in [3.63, 3.8) is 0 Å². The van der Waals surface area contributed by atoms with Crippen LogP contribution in [0.3, 0.4) is 0 Å². The first-order valence-corrected chi connectivity index (χ1v) is 9.95. The molecule has 4 aromatic rings. The lowest BCUT2D eigenvalue weighted by molar-refractivity contribution is -0.137. The Bertz CT molecular complexity index is 1210. The van der Waals surface area contributed by atoms with Crippen LogP contribution in [0, 0.1) is 13.8 Å². The number of aryl methyl sites for hydroxylation is 2. The van der Waals surface area contributed by atoms with Gasteiger partial charge in [0.05, 0.1) is 5.56 Å². The first-order chi connectivity index (χ1) is 14.8. The van der Waals surface area contributed by atoms with E-state index in [0.29, 0.717) is 12.4 Å². The highest BCUT2D eigenvalue weighted by Crippen LogP contribution is 2.35. The standard InChI is InChI=1S/C25H22F3N3/c1-16-7-6-8-17(2)22(16)23-20-9-4-5-10-21(20)24(30-29-23)31(3)15-18-11-13-19(14-12-18)25(26,27)28/h4-14H,15H2,1-3H3. The van der Waals surface area contributed by atoms with Crippen LogP contribution in [0.5, 0.6) is 0 Å². The van der Waals surface area contributed by atoms with Crippen LogP contribution in [0.25, 0.3) is 22.0 Å². The lowest BCUT2D eigenvalue weighted by Crippen LogP contribution is -2.19. The van der Waals surface area contributed by atoms with Crippen LogP contribution in [0.2, 0.25) is 0 Å². The number of aromatic nitrogens is 2. The molecule has 4 rings (SSSR count). The van der Waals surface area contributed by atoms with Crippen molar-refractivity contribution in [1.82, 2.24) is 10.2 Å². The molecule has 0 saturated carbocycles. The molecule has 0 saturated heterocycles. The van der Waals surface area contributed by atoms with E-state index in [1.54, 1.807) is 0 Å². The summed E-state index contributed by atoms with van der Waals surface area (Å²) in [6.07, 6.45) is -4.34. The molecule has 0 aliphatic rings. The SMILES string of the molecule is Cc1cccc(C)c1-c1nnc(N(C)Cc2ccc(C(F)(F)F)cc2)c2ccccc12. The van der Waals surface area contributed by atoms with Crippen molar-refractivity contribution in [3.8, 4) is 11.3 Å². The summed E-state index contributed by atoms with van der Waals surface area (Å²) in [6.45, 7) is 4.53. The van der Waals surface area contributed by atoms with Crippen molar-refractivity contribution in [2.75, 3.05) is 11.9 Å². The van der Waals surface area contributed by atoms with Gasteiger partial charge in [0.1, 0.15) is 5.69 Å². The van der Waals surface area contributed by atoms with E-state index < -0.39 is 11.7 Å². The summed E-state index contributed by atoms with van der Waals surface area (Å²) in [7, 11) is 1.87. The molecule has 0 amide bonds. The second-order valence-electron chi connectivity index (χ2n) is 7.74. The third-order valence-corrected chi connectivity index (χ3v) is 5.45. The van der Waals surface area contributed by atoms with Crippen LogP contribution in [0.15, 0.2) is 66.7 Å². The molecule has 0 unspecified atom stereocenters. The molecule has 31 heavy (non-hydrogen) atoms. The van der Waals surface area contributed by atoms with Crippen molar-refractivity contribution >= 4 is 16.6 Å². The first-order valence-electron chi connectivity index (χ1n) is 9.95. The molecule has 158 valence electrons. The zero-order valence-corrected chi connectivity index (χ0v) is 17.5. The maximum absolute atomic E-state index is 12.8. The fraction of sp³-hybridized carbons (Fsp3) is 0.200. The van der Waals surface area contributed by atoms with Crippen LogP contribution < -0.4 is 4.90 Å². The van der Waals surface area contributed by atoms with Crippen molar-refractivity contribution in [2.24, 2.45) is 0 Å². The third-order valence-electron chi connectivity index (χ3n) is 5.45. The van der Waals surface area contributed by atoms with Gasteiger partial charge in [0.2, 0.25) is 0 Å². The van der Waals surface area contributed by atoms with Crippen LogP contribution in [0.4, 0.5) is 19.0 Å². The highest BCUT2D eigenvalue weighted by Gasteiger charge is 2.30. The maximum atomic E-state index is 12.8. The van der Waals surface area contributed by atoms with Gasteiger partial charge >= 0.3 is 6.18 Å². The van der Waals surface area contributed by atoms with E-state index in [0.717, 1.165) is 50.9 Å². The van der Waals surface area contributed by atoms with Crippen LogP contribution in [-0.2, 0) is 12.7 Å². The number of alkyl halides is 3. The summed E-state index contributed by atoms with van der Waals surface area (Å²) in [4.78, 5) is 1.91. The Morgan fingerprint density at radius 3 is 2.00 bits per heavy atom. The number of benzene rings is 3. The predicted octanol–water partition coefficient (Wildman–Crippen LogP) is 6.57. The summed E-state index contributed by atoms with van der Waals surface area (Å²) >= 11 is 0. The molecule has 1 aromatic heterocycles. The van der Waals surface area contributed by atoms with Gasteiger partial charge in [-0.3, -0.25) is 0 Å². The van der Waals surface area contributed by atoms with Crippen molar-refractivity contribution in [3.05, 3.63) is 89.0 Å². The zero-order chi connectivity index (χ0) is 22.2. The Morgan fingerprint density at radius 2 is 1.39 bits per heavy atom. The first kappa shape index (κ1) is 20.8. The van der Waals surface area contributed by atoms with E-state index in [9.17, 15) is 13.2 Å². The van der Waals surface area contributed by atoms with E-state index in [1.807, 2.05) is 42.3 Å². The van der Waals surface area contributed by atoms with Gasteiger partial charge in [0, 0.05) is 29.9 Å². The van der Waals surface area contributed by atoms with Crippen LogP contribution in [-0.4, -0.2) is 17.2 Å². The van der Waals surface area contributed by atoms with E-state index in [2.05, 4.69) is 36.2 Å². The smallest absolute Gasteiger partial charge is 0.353 e. The number of rotatable bonds is 4. The number of nitrogens with zero attached hydrogens (tertiary/aromatic N) is 3. The number of fused-ring (bicyclic) bond motifs is 1. The minimum atomic E-state index is -4.34. The van der Waals surface area contributed by atoms with E-state index in [4.69, 9.17) is 0 Å². The van der Waals surface area contributed by atoms with Crippen molar-refractivity contribution in [1.29, 1.82) is 0 Å². The third kappa shape index (κ3) is 4.10. The van der Waals surface area contributed by atoms with Gasteiger partial charge in [-0.05, 0) is 42.7 Å². The maximum Gasteiger partial charge on any atom is 0.416 e. The summed E-state index contributed by atoms with van der Waals surface area (Å²) in [5.74, 6) is 0.686. The second-order valence-corrected chi connectivity index (χ2v) is 7.74. The molecule has 0 aliphatic heterocycles. The van der Waals surface area contributed by atoms with Crippen molar-refractivity contribution < 1.29 is 13.2 Å². The average Bonchev–Trinajstić information content (AvgIpc) is 2.73. The Morgan fingerprint density at radius 1 is 0.774 bits per heavy atom. The summed E-state index contributed by atoms with van der Waals surface area (Å²) in [5.41, 5.74) is 4.28. The van der Waals surface area contributed by atoms with Gasteiger partial charge < -0.3 is 4.90 Å². The molecule has 0 radical (unpaired) electrons. The highest BCUT2D eigenvalue weighted by molar-refractivity contribution is 6.01. The van der Waals surface area contributed by atoms with Gasteiger partial charge in [-0.1, -0.05) is 54.6 Å². The van der Waals surface area contributed by atoms with Crippen LogP contribution >= 0.6 is 0 Å². The van der Waals surface area contributed by atoms with E-state index >= 15 is 0 Å². The fourth-order valence-electron chi connectivity index (χ4n) is 3.89. The molecule has 1 heterocycles. The normalized spacial score (nSPS) is 11.7. The molecule has 0 spiro atoms. The lowest BCUT2D eigenvalue weighted by atomic mass is 9.96. The Kier molecular flexibility index (Phi) is 5.39. The Hall–Kier alpha value is -3.41. The molecule has 0 atom stereocenters. The molecule has 0 N–H and O–H groups in total. The molecular weight excluding hydrogens is 399 g/mol. The number of anilines is 1. The van der Waals surface area contributed by atoms with Gasteiger partial charge in [-0.15, -0.1) is 10.2 Å². The van der Waals surface area contributed by atoms with Gasteiger partial charge in [0.25, 0.3) is 0 Å². The summed E-state index contributed by atoms with van der Waals surface area (Å²) in [6, 6.07) is 19.3. The molecular formula is C25H22F3N3. The molecule has 3 nitrogen and oxygen atoms in total. The number of hydrogen-bond donors (Lipinski definition) is 0. The minimum absolute atomic E-state index is 0.416. The molecule has 0 bridgehead atoms. The number of halogens is 3. The van der Waals surface area contributed by atoms with Crippen LogP contribution in [0.1, 0.15) is 22.3 Å². The van der Waals surface area contributed by atoms with Gasteiger partial charge in [0.15, 0.2) is 5.82 Å². The molecule has 0 fully saturated rings. The highest BCUT2D eigenvalue weighted by atomic mass is 19.4. The number of hydrogen-bond acceptors (Lipinski definition) is 3. The van der Waals surface area contributed by atoms with Gasteiger partial charge in [-0.2, -0.15) is 13.2 Å². The lowest BCUT2D eigenvalue weighted by Gasteiger charge is -2.21. The largest absolute Gasteiger partial charge is 0.416 e. The minimum Gasteiger partial charge on any atom is -0.353 e. The quantitative estimate of drug-likeness (QED) is 0.373. The van der Waals surface area contributed by atoms with Gasteiger partial charge in [-0.25, -0.2) is 0 Å². The molecule has 3 aromatic carbocycles. The monoisotopic (exact) mass is 421 g/mol. The Balaban J connectivity index is 1.72. The topological polar surface area (TPSA) is 29.0 Å². The zero-order valence-electron chi connectivity index (χ0n) is 17.5. The Labute approximate surface area is 179 Å². The average molecular weight is 421 g/mol. The van der Waals surface area contributed by atoms with E-state index in [-0.39, 0.29) is 0 Å².